The Bertz CT molecular complexity index is 1430. The molecule has 184 valence electrons. The molecule has 0 spiro atoms. The van der Waals surface area contributed by atoms with Gasteiger partial charge in [0.05, 0.1) is 18.7 Å². The third kappa shape index (κ3) is 5.61. The third-order valence-electron chi connectivity index (χ3n) is 6.09. The van der Waals surface area contributed by atoms with E-state index in [-0.39, 0.29) is 12.4 Å². The zero-order valence-electron chi connectivity index (χ0n) is 21.0. The SMILES string of the molecule is C/C(=C\c1ccc(Cn2nc(C(=O)c3ccc(C)cc3)c3ccccc32)cc1)COC(C)(C)C(=O)O. The molecular formula is C30H30N2O4. The lowest BCUT2D eigenvalue weighted by molar-refractivity contribution is -0.160. The monoisotopic (exact) mass is 482 g/mol. The van der Waals surface area contributed by atoms with Crippen LogP contribution in [0.15, 0.2) is 78.4 Å². The van der Waals surface area contributed by atoms with Crippen molar-refractivity contribution < 1.29 is 19.4 Å². The predicted octanol–water partition coefficient (Wildman–Crippen LogP) is 5.91. The van der Waals surface area contributed by atoms with Gasteiger partial charge in [-0.3, -0.25) is 9.48 Å². The molecule has 0 aliphatic heterocycles. The molecule has 1 N–H and O–H groups in total. The van der Waals surface area contributed by atoms with Crippen molar-refractivity contribution in [3.63, 3.8) is 0 Å². The number of carboxylic acid groups (broad SMARTS) is 1. The molecule has 4 rings (SSSR count). The molecule has 0 amide bonds. The standard InChI is InChI=1S/C30H30N2O4/c1-20-9-15-24(16-10-20)28(33)27-25-7-5-6-8-26(25)32(31-27)18-23-13-11-22(12-14-23)17-21(2)19-36-30(3,4)29(34)35/h5-17H,18-19H2,1-4H3,(H,34,35)/b21-17+. The first kappa shape index (κ1) is 25.1. The fourth-order valence-corrected chi connectivity index (χ4v) is 3.83. The summed E-state index contributed by atoms with van der Waals surface area (Å²) in [6, 6.07) is 23.4. The van der Waals surface area contributed by atoms with E-state index in [0.717, 1.165) is 33.2 Å². The van der Waals surface area contributed by atoms with Gasteiger partial charge in [0.2, 0.25) is 5.78 Å². The minimum Gasteiger partial charge on any atom is -0.479 e. The van der Waals surface area contributed by atoms with E-state index in [0.29, 0.717) is 17.8 Å². The van der Waals surface area contributed by atoms with Gasteiger partial charge in [-0.1, -0.05) is 78.4 Å². The normalized spacial score (nSPS) is 12.2. The summed E-state index contributed by atoms with van der Waals surface area (Å²) >= 11 is 0. The van der Waals surface area contributed by atoms with Crippen molar-refractivity contribution in [3.8, 4) is 0 Å². The Balaban J connectivity index is 1.53. The van der Waals surface area contributed by atoms with Gasteiger partial charge in [-0.15, -0.1) is 0 Å². The zero-order chi connectivity index (χ0) is 25.9. The molecule has 0 saturated heterocycles. The number of hydrogen-bond acceptors (Lipinski definition) is 4. The minimum atomic E-state index is -1.23. The van der Waals surface area contributed by atoms with Crippen LogP contribution in [0.25, 0.3) is 17.0 Å². The second kappa shape index (κ2) is 10.3. The average molecular weight is 483 g/mol. The zero-order valence-corrected chi connectivity index (χ0v) is 21.0. The molecule has 4 aromatic rings. The molecule has 6 nitrogen and oxygen atoms in total. The van der Waals surface area contributed by atoms with Crippen molar-refractivity contribution in [2.45, 2.75) is 39.8 Å². The van der Waals surface area contributed by atoms with E-state index in [2.05, 4.69) is 0 Å². The molecule has 0 saturated carbocycles. The smallest absolute Gasteiger partial charge is 0.335 e. The van der Waals surface area contributed by atoms with Crippen molar-refractivity contribution in [2.75, 3.05) is 6.61 Å². The molecular weight excluding hydrogens is 452 g/mol. The number of aryl methyl sites for hydroxylation is 1. The van der Waals surface area contributed by atoms with E-state index >= 15 is 0 Å². The van der Waals surface area contributed by atoms with Crippen LogP contribution < -0.4 is 0 Å². The van der Waals surface area contributed by atoms with Crippen molar-refractivity contribution in [1.82, 2.24) is 9.78 Å². The van der Waals surface area contributed by atoms with Crippen molar-refractivity contribution >= 4 is 28.7 Å². The second-order valence-electron chi connectivity index (χ2n) is 9.55. The van der Waals surface area contributed by atoms with E-state index in [4.69, 9.17) is 9.84 Å². The lowest BCUT2D eigenvalue weighted by atomic mass is 10.0. The minimum absolute atomic E-state index is 0.0887. The molecule has 0 aliphatic rings. The van der Waals surface area contributed by atoms with Crippen LogP contribution in [0.5, 0.6) is 0 Å². The Labute approximate surface area is 210 Å². The summed E-state index contributed by atoms with van der Waals surface area (Å²) in [4.78, 5) is 24.4. The molecule has 6 heteroatoms. The average Bonchev–Trinajstić information content (AvgIpc) is 3.22. The van der Waals surface area contributed by atoms with Crippen molar-refractivity contribution in [1.29, 1.82) is 0 Å². The largest absolute Gasteiger partial charge is 0.479 e. The molecule has 0 aliphatic carbocycles. The number of carboxylic acids is 1. The van der Waals surface area contributed by atoms with Crippen LogP contribution in [0.1, 0.15) is 53.5 Å². The quantitative estimate of drug-likeness (QED) is 0.300. The van der Waals surface area contributed by atoms with Crippen LogP contribution in [-0.2, 0) is 16.1 Å². The van der Waals surface area contributed by atoms with E-state index < -0.39 is 11.6 Å². The lowest BCUT2D eigenvalue weighted by Crippen LogP contribution is -2.35. The Morgan fingerprint density at radius 2 is 1.67 bits per heavy atom. The van der Waals surface area contributed by atoms with Gasteiger partial charge < -0.3 is 9.84 Å². The van der Waals surface area contributed by atoms with Crippen LogP contribution in [0.2, 0.25) is 0 Å². The number of benzene rings is 3. The Morgan fingerprint density at radius 1 is 1.00 bits per heavy atom. The van der Waals surface area contributed by atoms with Gasteiger partial charge in [-0.2, -0.15) is 5.10 Å². The number of carbonyl (C=O) groups excluding carboxylic acids is 1. The summed E-state index contributed by atoms with van der Waals surface area (Å²) in [5, 5.41) is 14.7. The van der Waals surface area contributed by atoms with Crippen LogP contribution in [0, 0.1) is 6.92 Å². The number of hydrogen-bond donors (Lipinski definition) is 1. The van der Waals surface area contributed by atoms with Crippen LogP contribution >= 0.6 is 0 Å². The number of aromatic nitrogens is 2. The summed E-state index contributed by atoms with van der Waals surface area (Å²) in [7, 11) is 0. The number of ether oxygens (including phenoxy) is 1. The fourth-order valence-electron chi connectivity index (χ4n) is 3.83. The highest BCUT2D eigenvalue weighted by atomic mass is 16.5. The number of nitrogens with zero attached hydrogens (tertiary/aromatic N) is 2. The second-order valence-corrected chi connectivity index (χ2v) is 9.55. The number of carbonyl (C=O) groups is 2. The predicted molar refractivity (Wildman–Crippen MR) is 141 cm³/mol. The molecule has 1 heterocycles. The number of fused-ring (bicyclic) bond motifs is 1. The third-order valence-corrected chi connectivity index (χ3v) is 6.09. The molecule has 36 heavy (non-hydrogen) atoms. The molecule has 0 atom stereocenters. The van der Waals surface area contributed by atoms with Gasteiger partial charge in [-0.05, 0) is 50.5 Å². The van der Waals surface area contributed by atoms with Crippen molar-refractivity contribution in [3.05, 3.63) is 106 Å². The van der Waals surface area contributed by atoms with Gasteiger partial charge in [-0.25, -0.2) is 4.79 Å². The summed E-state index contributed by atoms with van der Waals surface area (Å²) in [5.41, 5.74) is 4.83. The molecule has 0 radical (unpaired) electrons. The van der Waals surface area contributed by atoms with E-state index in [1.54, 1.807) is 0 Å². The maximum absolute atomic E-state index is 13.2. The molecule has 3 aromatic carbocycles. The summed E-state index contributed by atoms with van der Waals surface area (Å²) in [5.74, 6) is -1.08. The number of rotatable bonds is 9. The Morgan fingerprint density at radius 3 is 2.33 bits per heavy atom. The van der Waals surface area contributed by atoms with Crippen LogP contribution in [-0.4, -0.2) is 38.8 Å². The van der Waals surface area contributed by atoms with Gasteiger partial charge in [0, 0.05) is 10.9 Å². The van der Waals surface area contributed by atoms with Crippen molar-refractivity contribution in [2.24, 2.45) is 0 Å². The van der Waals surface area contributed by atoms with Crippen LogP contribution in [0.4, 0.5) is 0 Å². The molecule has 0 fully saturated rings. The van der Waals surface area contributed by atoms with Gasteiger partial charge >= 0.3 is 5.97 Å². The number of aliphatic carboxylic acids is 1. The summed E-state index contributed by atoms with van der Waals surface area (Å²) < 4.78 is 7.39. The van der Waals surface area contributed by atoms with Gasteiger partial charge in [0.15, 0.2) is 5.60 Å². The summed E-state index contributed by atoms with van der Waals surface area (Å²) in [6.45, 7) is 7.74. The molecule has 0 bridgehead atoms. The number of para-hydroxylation sites is 1. The maximum Gasteiger partial charge on any atom is 0.335 e. The lowest BCUT2D eigenvalue weighted by Gasteiger charge is -2.20. The number of ketones is 1. The topological polar surface area (TPSA) is 81.4 Å². The molecule has 1 aromatic heterocycles. The highest BCUT2D eigenvalue weighted by Gasteiger charge is 2.27. The van der Waals surface area contributed by atoms with Crippen LogP contribution in [0.3, 0.4) is 0 Å². The highest BCUT2D eigenvalue weighted by Crippen LogP contribution is 2.23. The van der Waals surface area contributed by atoms with Gasteiger partial charge in [0.25, 0.3) is 0 Å². The fraction of sp³-hybridized carbons (Fsp3) is 0.233. The van der Waals surface area contributed by atoms with E-state index in [1.165, 1.54) is 13.8 Å². The Hall–Kier alpha value is -4.03. The first-order valence-corrected chi connectivity index (χ1v) is 11.8. The maximum atomic E-state index is 13.2. The van der Waals surface area contributed by atoms with Gasteiger partial charge in [0.1, 0.15) is 5.69 Å². The molecule has 0 unspecified atom stereocenters. The highest BCUT2D eigenvalue weighted by molar-refractivity contribution is 6.14. The summed E-state index contributed by atoms with van der Waals surface area (Å²) in [6.07, 6.45) is 1.98. The Kier molecular flexibility index (Phi) is 7.17. The van der Waals surface area contributed by atoms with E-state index in [9.17, 15) is 14.7 Å². The van der Waals surface area contributed by atoms with E-state index in [1.807, 2.05) is 97.4 Å². The first-order chi connectivity index (χ1) is 17.1. The first-order valence-electron chi connectivity index (χ1n) is 11.8.